The van der Waals surface area contributed by atoms with E-state index in [2.05, 4.69) is 22.0 Å². The molecule has 78 valence electrons. The van der Waals surface area contributed by atoms with Crippen LogP contribution in [0, 0.1) is 11.3 Å². The summed E-state index contributed by atoms with van der Waals surface area (Å²) in [5, 5.41) is 9.51. The number of benzene rings is 1. The Bertz CT molecular complexity index is 405. The van der Waals surface area contributed by atoms with Crippen molar-refractivity contribution in [1.29, 1.82) is 5.26 Å². The first-order valence-corrected chi connectivity index (χ1v) is 5.56. The standard InChI is InChI=1S/C11H9BrClNO/c1-7(15)5-8(6-14)11-9(12)3-2-4-10(11)13/h2-4,8H,5H2,1H3. The lowest BCUT2D eigenvalue weighted by atomic mass is 9.95. The first-order valence-electron chi connectivity index (χ1n) is 4.39. The van der Waals surface area contributed by atoms with E-state index in [4.69, 9.17) is 16.9 Å². The van der Waals surface area contributed by atoms with E-state index in [9.17, 15) is 4.79 Å². The van der Waals surface area contributed by atoms with Crippen molar-refractivity contribution in [3.05, 3.63) is 33.3 Å². The van der Waals surface area contributed by atoms with Crippen LogP contribution in [-0.2, 0) is 4.79 Å². The molecular formula is C11H9BrClNO. The van der Waals surface area contributed by atoms with Gasteiger partial charge in [-0.05, 0) is 19.1 Å². The maximum Gasteiger partial charge on any atom is 0.131 e. The van der Waals surface area contributed by atoms with Crippen LogP contribution >= 0.6 is 27.5 Å². The van der Waals surface area contributed by atoms with Gasteiger partial charge in [-0.2, -0.15) is 5.26 Å². The van der Waals surface area contributed by atoms with Crippen molar-refractivity contribution in [2.75, 3.05) is 0 Å². The van der Waals surface area contributed by atoms with Crippen LogP contribution in [0.5, 0.6) is 0 Å². The van der Waals surface area contributed by atoms with E-state index in [1.54, 1.807) is 12.1 Å². The number of ketones is 1. The Morgan fingerprint density at radius 2 is 2.33 bits per heavy atom. The van der Waals surface area contributed by atoms with Gasteiger partial charge in [-0.25, -0.2) is 0 Å². The maximum absolute atomic E-state index is 11.0. The minimum Gasteiger partial charge on any atom is -0.300 e. The first kappa shape index (κ1) is 12.2. The number of nitrogens with zero attached hydrogens (tertiary/aromatic N) is 1. The van der Waals surface area contributed by atoms with Gasteiger partial charge in [0.1, 0.15) is 5.78 Å². The van der Waals surface area contributed by atoms with E-state index in [-0.39, 0.29) is 12.2 Å². The Labute approximate surface area is 102 Å². The molecule has 15 heavy (non-hydrogen) atoms. The number of carbonyl (C=O) groups excluding carboxylic acids is 1. The maximum atomic E-state index is 11.0. The van der Waals surface area contributed by atoms with Crippen LogP contribution in [0.2, 0.25) is 5.02 Å². The number of hydrogen-bond acceptors (Lipinski definition) is 2. The highest BCUT2D eigenvalue weighted by molar-refractivity contribution is 9.10. The van der Waals surface area contributed by atoms with Crippen molar-refractivity contribution < 1.29 is 4.79 Å². The minimum absolute atomic E-state index is 0.0200. The Hall–Kier alpha value is -0.850. The molecule has 0 amide bonds. The Kier molecular flexibility index (Phi) is 4.31. The van der Waals surface area contributed by atoms with Crippen molar-refractivity contribution in [3.63, 3.8) is 0 Å². The predicted molar refractivity (Wildman–Crippen MR) is 62.8 cm³/mol. The fourth-order valence-corrected chi connectivity index (χ4v) is 2.41. The Balaban J connectivity index is 3.13. The molecule has 0 spiro atoms. The van der Waals surface area contributed by atoms with Gasteiger partial charge in [0, 0.05) is 21.5 Å². The Morgan fingerprint density at radius 1 is 1.67 bits per heavy atom. The zero-order chi connectivity index (χ0) is 11.4. The number of carbonyl (C=O) groups is 1. The van der Waals surface area contributed by atoms with Crippen LogP contribution in [0.3, 0.4) is 0 Å². The highest BCUT2D eigenvalue weighted by atomic mass is 79.9. The summed E-state index contributed by atoms with van der Waals surface area (Å²) in [6, 6.07) is 7.41. The second-order valence-electron chi connectivity index (χ2n) is 3.22. The van der Waals surface area contributed by atoms with E-state index in [0.29, 0.717) is 10.6 Å². The SMILES string of the molecule is CC(=O)CC(C#N)c1c(Cl)cccc1Br. The summed E-state index contributed by atoms with van der Waals surface area (Å²) in [5.74, 6) is -0.501. The number of hydrogen-bond donors (Lipinski definition) is 0. The normalized spacial score (nSPS) is 11.9. The lowest BCUT2D eigenvalue weighted by molar-refractivity contribution is -0.117. The zero-order valence-corrected chi connectivity index (χ0v) is 10.5. The lowest BCUT2D eigenvalue weighted by Crippen LogP contribution is -2.03. The van der Waals surface area contributed by atoms with Crippen molar-refractivity contribution in [3.8, 4) is 6.07 Å². The second-order valence-corrected chi connectivity index (χ2v) is 4.48. The van der Waals surface area contributed by atoms with Gasteiger partial charge in [-0.1, -0.05) is 33.6 Å². The molecule has 1 unspecified atom stereocenters. The molecule has 1 aromatic carbocycles. The van der Waals surface area contributed by atoms with Crippen LogP contribution in [0.4, 0.5) is 0 Å². The van der Waals surface area contributed by atoms with Crippen LogP contribution in [0.25, 0.3) is 0 Å². The molecule has 0 aliphatic carbocycles. The molecule has 0 aromatic heterocycles. The van der Waals surface area contributed by atoms with Crippen LogP contribution < -0.4 is 0 Å². The quantitative estimate of drug-likeness (QED) is 0.850. The highest BCUT2D eigenvalue weighted by Crippen LogP contribution is 2.33. The largest absolute Gasteiger partial charge is 0.300 e. The van der Waals surface area contributed by atoms with Crippen molar-refractivity contribution in [2.24, 2.45) is 0 Å². The fraction of sp³-hybridized carbons (Fsp3) is 0.273. The van der Waals surface area contributed by atoms with E-state index in [0.717, 1.165) is 4.47 Å². The summed E-state index contributed by atoms with van der Waals surface area (Å²) in [6.07, 6.45) is 0.193. The van der Waals surface area contributed by atoms with Crippen LogP contribution in [-0.4, -0.2) is 5.78 Å². The predicted octanol–water partition coefficient (Wildman–Crippen LogP) is 3.69. The van der Waals surface area contributed by atoms with Gasteiger partial charge in [0.2, 0.25) is 0 Å². The molecule has 4 heteroatoms. The van der Waals surface area contributed by atoms with Crippen LogP contribution in [0.15, 0.2) is 22.7 Å². The van der Waals surface area contributed by atoms with E-state index < -0.39 is 5.92 Å². The molecule has 0 bridgehead atoms. The summed E-state index contributed by atoms with van der Waals surface area (Å²) in [7, 11) is 0. The average Bonchev–Trinajstić information content (AvgIpc) is 2.15. The lowest BCUT2D eigenvalue weighted by Gasteiger charge is -2.11. The van der Waals surface area contributed by atoms with Gasteiger partial charge in [-0.3, -0.25) is 4.79 Å². The number of nitriles is 1. The third kappa shape index (κ3) is 3.05. The van der Waals surface area contributed by atoms with E-state index >= 15 is 0 Å². The third-order valence-corrected chi connectivity index (χ3v) is 3.02. The number of rotatable bonds is 3. The van der Waals surface area contributed by atoms with Crippen molar-refractivity contribution >= 4 is 33.3 Å². The molecule has 0 fully saturated rings. The summed E-state index contributed by atoms with van der Waals surface area (Å²) in [6.45, 7) is 1.47. The molecule has 1 atom stereocenters. The van der Waals surface area contributed by atoms with Gasteiger partial charge in [-0.15, -0.1) is 0 Å². The van der Waals surface area contributed by atoms with Crippen molar-refractivity contribution in [2.45, 2.75) is 19.3 Å². The van der Waals surface area contributed by atoms with Gasteiger partial charge >= 0.3 is 0 Å². The molecule has 0 radical (unpaired) electrons. The van der Waals surface area contributed by atoms with Crippen molar-refractivity contribution in [1.82, 2.24) is 0 Å². The summed E-state index contributed by atoms with van der Waals surface area (Å²) >= 11 is 9.33. The Morgan fingerprint density at radius 3 is 2.80 bits per heavy atom. The number of Topliss-reactive ketones (excluding diaryl/α,β-unsaturated/α-hetero) is 1. The molecule has 0 saturated carbocycles. The average molecular weight is 287 g/mol. The summed E-state index contributed by atoms with van der Waals surface area (Å²) < 4.78 is 0.766. The molecule has 0 saturated heterocycles. The van der Waals surface area contributed by atoms with E-state index in [1.807, 2.05) is 6.07 Å². The smallest absolute Gasteiger partial charge is 0.131 e. The van der Waals surface area contributed by atoms with Gasteiger partial charge < -0.3 is 0 Å². The summed E-state index contributed by atoms with van der Waals surface area (Å²) in [4.78, 5) is 11.0. The van der Waals surface area contributed by atoms with Gasteiger partial charge in [0.05, 0.1) is 12.0 Å². The zero-order valence-electron chi connectivity index (χ0n) is 8.13. The molecule has 1 rings (SSSR count). The first-order chi connectivity index (χ1) is 7.06. The van der Waals surface area contributed by atoms with E-state index in [1.165, 1.54) is 6.92 Å². The monoisotopic (exact) mass is 285 g/mol. The highest BCUT2D eigenvalue weighted by Gasteiger charge is 2.18. The molecular weight excluding hydrogens is 277 g/mol. The molecule has 0 N–H and O–H groups in total. The topological polar surface area (TPSA) is 40.9 Å². The molecule has 0 aliphatic heterocycles. The minimum atomic E-state index is -0.481. The third-order valence-electron chi connectivity index (χ3n) is 2.00. The fourth-order valence-electron chi connectivity index (χ4n) is 1.34. The van der Waals surface area contributed by atoms with Crippen LogP contribution in [0.1, 0.15) is 24.8 Å². The number of halogens is 2. The molecule has 1 aromatic rings. The second kappa shape index (κ2) is 5.29. The summed E-state index contributed by atoms with van der Waals surface area (Å²) in [5.41, 5.74) is 0.692. The molecule has 2 nitrogen and oxygen atoms in total. The van der Waals surface area contributed by atoms with Gasteiger partial charge in [0.15, 0.2) is 0 Å². The van der Waals surface area contributed by atoms with Gasteiger partial charge in [0.25, 0.3) is 0 Å². The molecule has 0 aliphatic rings. The molecule has 0 heterocycles.